The van der Waals surface area contributed by atoms with E-state index in [1.807, 2.05) is 37.4 Å². The van der Waals surface area contributed by atoms with E-state index in [4.69, 9.17) is 9.47 Å². The molecule has 7 heteroatoms. The molecule has 1 aromatic heterocycles. The summed E-state index contributed by atoms with van der Waals surface area (Å²) < 4.78 is 11.2. The van der Waals surface area contributed by atoms with E-state index in [1.54, 1.807) is 11.3 Å². The van der Waals surface area contributed by atoms with E-state index in [0.29, 0.717) is 24.5 Å². The molecule has 1 atom stereocenters. The lowest BCUT2D eigenvalue weighted by Gasteiger charge is -2.33. The highest BCUT2D eigenvalue weighted by molar-refractivity contribution is 7.09. The molecule has 1 aliphatic rings. The minimum atomic E-state index is -0.590. The van der Waals surface area contributed by atoms with Crippen molar-refractivity contribution in [3.63, 3.8) is 0 Å². The van der Waals surface area contributed by atoms with E-state index in [9.17, 15) is 9.59 Å². The number of aromatic nitrogens is 1. The van der Waals surface area contributed by atoms with Crippen LogP contribution in [0.3, 0.4) is 0 Å². The average Bonchev–Trinajstić information content (AvgIpc) is 3.13. The van der Waals surface area contributed by atoms with Gasteiger partial charge in [0.15, 0.2) is 6.10 Å². The standard InChI is InChI=1S/C21H26N2O4S/c1-4-6-7-10-26-20(24)12-23-17-11-15(16-13-28-14(3)22-16)8-9-19(17)27-18(5-2)21(23)25/h8-9,11,13,18H,4-7,10,12H2,1-3H3. The van der Waals surface area contributed by atoms with Gasteiger partial charge < -0.3 is 9.47 Å². The summed E-state index contributed by atoms with van der Waals surface area (Å²) >= 11 is 1.57. The van der Waals surface area contributed by atoms with Crippen LogP contribution in [-0.2, 0) is 14.3 Å². The number of nitrogens with zero attached hydrogens (tertiary/aromatic N) is 2. The van der Waals surface area contributed by atoms with E-state index in [2.05, 4.69) is 11.9 Å². The first kappa shape index (κ1) is 20.3. The molecule has 0 saturated carbocycles. The maximum atomic E-state index is 12.9. The molecule has 0 spiro atoms. The van der Waals surface area contributed by atoms with E-state index in [1.165, 1.54) is 4.90 Å². The van der Waals surface area contributed by atoms with Crippen LogP contribution in [0.5, 0.6) is 5.75 Å². The van der Waals surface area contributed by atoms with Gasteiger partial charge in [-0.05, 0) is 38.0 Å². The SMILES string of the molecule is CCCCCOC(=O)CN1C(=O)C(CC)Oc2ccc(-c3csc(C)n3)cc21. The van der Waals surface area contributed by atoms with E-state index in [0.717, 1.165) is 35.5 Å². The van der Waals surface area contributed by atoms with Gasteiger partial charge in [0.05, 0.1) is 23.0 Å². The summed E-state index contributed by atoms with van der Waals surface area (Å²) in [6.45, 7) is 6.20. The molecule has 0 N–H and O–H groups in total. The van der Waals surface area contributed by atoms with Gasteiger partial charge >= 0.3 is 5.97 Å². The number of unbranched alkanes of at least 4 members (excludes halogenated alkanes) is 2. The lowest BCUT2D eigenvalue weighted by atomic mass is 10.1. The first-order valence-corrected chi connectivity index (χ1v) is 10.6. The molecule has 2 heterocycles. The Morgan fingerprint density at radius 2 is 2.14 bits per heavy atom. The first-order chi connectivity index (χ1) is 13.5. The Labute approximate surface area is 169 Å². The van der Waals surface area contributed by atoms with Crippen molar-refractivity contribution in [2.45, 2.75) is 52.6 Å². The molecule has 1 aromatic carbocycles. The highest BCUT2D eigenvalue weighted by Gasteiger charge is 2.35. The van der Waals surface area contributed by atoms with Gasteiger partial charge in [-0.2, -0.15) is 0 Å². The summed E-state index contributed by atoms with van der Waals surface area (Å²) in [6.07, 6.45) is 2.85. The molecule has 3 rings (SSSR count). The number of hydrogen-bond donors (Lipinski definition) is 0. The molecule has 150 valence electrons. The molecular formula is C21H26N2O4S. The van der Waals surface area contributed by atoms with Crippen molar-refractivity contribution >= 4 is 28.9 Å². The summed E-state index contributed by atoms with van der Waals surface area (Å²) in [5, 5.41) is 2.95. The summed E-state index contributed by atoms with van der Waals surface area (Å²) in [5.74, 6) is -0.0184. The number of amides is 1. The second kappa shape index (κ2) is 9.19. The van der Waals surface area contributed by atoms with Crippen molar-refractivity contribution in [1.82, 2.24) is 4.98 Å². The van der Waals surface area contributed by atoms with Crippen LogP contribution in [0, 0.1) is 6.92 Å². The number of carbonyl (C=O) groups is 2. The summed E-state index contributed by atoms with van der Waals surface area (Å²) in [4.78, 5) is 31.2. The third kappa shape index (κ3) is 4.52. The number of rotatable bonds is 8. The molecule has 28 heavy (non-hydrogen) atoms. The van der Waals surface area contributed by atoms with Crippen LogP contribution in [0.4, 0.5) is 5.69 Å². The molecule has 0 radical (unpaired) electrons. The van der Waals surface area contributed by atoms with E-state index < -0.39 is 12.1 Å². The monoisotopic (exact) mass is 402 g/mol. The second-order valence-corrected chi connectivity index (χ2v) is 7.86. The molecule has 6 nitrogen and oxygen atoms in total. The van der Waals surface area contributed by atoms with E-state index in [-0.39, 0.29) is 12.5 Å². The number of thiazole rings is 1. The number of aryl methyl sites for hydroxylation is 1. The number of benzene rings is 1. The predicted molar refractivity (Wildman–Crippen MR) is 110 cm³/mol. The van der Waals surface area contributed by atoms with Gasteiger partial charge in [0.25, 0.3) is 5.91 Å². The number of carbonyl (C=O) groups excluding carboxylic acids is 2. The largest absolute Gasteiger partial charge is 0.478 e. The molecule has 1 aliphatic heterocycles. The Morgan fingerprint density at radius 3 is 2.82 bits per heavy atom. The Hall–Kier alpha value is -2.41. The summed E-state index contributed by atoms with van der Waals surface area (Å²) in [5.41, 5.74) is 2.32. The van der Waals surface area contributed by atoms with Gasteiger partial charge in [0.2, 0.25) is 0 Å². The van der Waals surface area contributed by atoms with Crippen LogP contribution < -0.4 is 9.64 Å². The van der Waals surface area contributed by atoms with Gasteiger partial charge in [-0.15, -0.1) is 11.3 Å². The van der Waals surface area contributed by atoms with Gasteiger partial charge in [0, 0.05) is 10.9 Å². The topological polar surface area (TPSA) is 68.7 Å². The fourth-order valence-electron chi connectivity index (χ4n) is 3.11. The number of anilines is 1. The number of fused-ring (bicyclic) bond motifs is 1. The van der Waals surface area contributed by atoms with Crippen molar-refractivity contribution in [2.75, 3.05) is 18.1 Å². The van der Waals surface area contributed by atoms with Crippen molar-refractivity contribution in [3.05, 3.63) is 28.6 Å². The quantitative estimate of drug-likeness (QED) is 0.485. The highest BCUT2D eigenvalue weighted by Crippen LogP contribution is 2.38. The zero-order valence-electron chi connectivity index (χ0n) is 16.6. The molecular weight excluding hydrogens is 376 g/mol. The third-order valence-electron chi connectivity index (χ3n) is 4.64. The minimum absolute atomic E-state index is 0.114. The molecule has 0 aliphatic carbocycles. The fraction of sp³-hybridized carbons (Fsp3) is 0.476. The fourth-order valence-corrected chi connectivity index (χ4v) is 3.74. The van der Waals surface area contributed by atoms with Crippen LogP contribution in [0.15, 0.2) is 23.6 Å². The smallest absolute Gasteiger partial charge is 0.326 e. The van der Waals surface area contributed by atoms with Crippen LogP contribution in [0.2, 0.25) is 0 Å². The highest BCUT2D eigenvalue weighted by atomic mass is 32.1. The summed E-state index contributed by atoms with van der Waals surface area (Å²) in [6, 6.07) is 5.63. The van der Waals surface area contributed by atoms with Crippen LogP contribution in [-0.4, -0.2) is 36.1 Å². The van der Waals surface area contributed by atoms with E-state index >= 15 is 0 Å². The maximum absolute atomic E-state index is 12.9. The van der Waals surface area contributed by atoms with Gasteiger partial charge in [0.1, 0.15) is 12.3 Å². The minimum Gasteiger partial charge on any atom is -0.478 e. The Balaban J connectivity index is 1.84. The first-order valence-electron chi connectivity index (χ1n) is 9.73. The molecule has 0 saturated heterocycles. The zero-order valence-corrected chi connectivity index (χ0v) is 17.4. The second-order valence-electron chi connectivity index (χ2n) is 6.80. The third-order valence-corrected chi connectivity index (χ3v) is 5.42. The number of esters is 1. The number of ether oxygens (including phenoxy) is 2. The van der Waals surface area contributed by atoms with Crippen LogP contribution in [0.1, 0.15) is 44.5 Å². The Kier molecular flexibility index (Phi) is 6.67. The molecule has 0 fully saturated rings. The van der Waals surface area contributed by atoms with Gasteiger partial charge in [-0.25, -0.2) is 4.98 Å². The predicted octanol–water partition coefficient (Wildman–Crippen LogP) is 4.36. The van der Waals surface area contributed by atoms with Crippen LogP contribution in [0.25, 0.3) is 11.3 Å². The summed E-state index contributed by atoms with van der Waals surface area (Å²) in [7, 11) is 0. The molecule has 1 amide bonds. The van der Waals surface area contributed by atoms with Crippen molar-refractivity contribution in [3.8, 4) is 17.0 Å². The lowest BCUT2D eigenvalue weighted by molar-refractivity contribution is -0.143. The maximum Gasteiger partial charge on any atom is 0.326 e. The molecule has 0 bridgehead atoms. The zero-order chi connectivity index (χ0) is 20.1. The van der Waals surface area contributed by atoms with Crippen molar-refractivity contribution in [1.29, 1.82) is 0 Å². The molecule has 2 aromatic rings. The van der Waals surface area contributed by atoms with Crippen molar-refractivity contribution < 1.29 is 19.1 Å². The number of hydrogen-bond acceptors (Lipinski definition) is 6. The Bertz CT molecular complexity index is 849. The average molecular weight is 403 g/mol. The van der Waals surface area contributed by atoms with Crippen LogP contribution >= 0.6 is 11.3 Å². The Morgan fingerprint density at radius 1 is 1.32 bits per heavy atom. The van der Waals surface area contributed by atoms with Gasteiger partial charge in [-0.1, -0.05) is 26.7 Å². The van der Waals surface area contributed by atoms with Gasteiger partial charge in [-0.3, -0.25) is 14.5 Å². The lowest BCUT2D eigenvalue weighted by Crippen LogP contribution is -2.48. The normalized spacial score (nSPS) is 15.9. The van der Waals surface area contributed by atoms with Crippen molar-refractivity contribution in [2.24, 2.45) is 0 Å². The molecule has 1 unspecified atom stereocenters.